The maximum Gasteiger partial charge on any atom is 0.311 e. The Balaban J connectivity index is 0.000000488. The van der Waals surface area contributed by atoms with E-state index in [1.54, 1.807) is 6.08 Å². The van der Waals surface area contributed by atoms with Crippen LogP contribution in [0.1, 0.15) is 26.2 Å². The van der Waals surface area contributed by atoms with Crippen LogP contribution in [0.5, 0.6) is 0 Å². The molecule has 0 saturated carbocycles. The van der Waals surface area contributed by atoms with Crippen molar-refractivity contribution in [3.05, 3.63) is 45.7 Å². The molecule has 10 nitrogen and oxygen atoms in total. The first-order chi connectivity index (χ1) is 12.0. The highest BCUT2D eigenvalue weighted by molar-refractivity contribution is 7.86. The van der Waals surface area contributed by atoms with E-state index >= 15 is 0 Å². The van der Waals surface area contributed by atoms with Crippen molar-refractivity contribution in [1.82, 2.24) is 0 Å². The molecule has 0 fully saturated rings. The van der Waals surface area contributed by atoms with Gasteiger partial charge in [-0.3, -0.25) is 24.3 Å². The Kier molecular flexibility index (Phi) is 10.1. The van der Waals surface area contributed by atoms with Gasteiger partial charge in [0.25, 0.3) is 15.8 Å². The van der Waals surface area contributed by atoms with Crippen molar-refractivity contribution < 1.29 is 37.3 Å². The second kappa shape index (κ2) is 11.2. The average molecular weight is 410 g/mol. The highest BCUT2D eigenvalue weighted by Crippen LogP contribution is 2.30. The van der Waals surface area contributed by atoms with E-state index in [2.05, 4.69) is 4.74 Å². The summed E-state index contributed by atoms with van der Waals surface area (Å²) < 4.78 is 34.5. The van der Waals surface area contributed by atoms with Crippen molar-refractivity contribution in [3.8, 4) is 0 Å². The predicted octanol–water partition coefficient (Wildman–Crippen LogP) is 2.81. The maximum atomic E-state index is 10.7. The molecule has 2 N–H and O–H groups in total. The molecule has 26 heavy (non-hydrogen) atoms. The fourth-order valence-electron chi connectivity index (χ4n) is 1.33. The van der Waals surface area contributed by atoms with Crippen LogP contribution in [0.15, 0.2) is 35.4 Å². The van der Waals surface area contributed by atoms with Crippen LogP contribution in [0, 0.1) is 10.1 Å². The summed E-state index contributed by atoms with van der Waals surface area (Å²) >= 11 is 5.41. The summed E-state index contributed by atoms with van der Waals surface area (Å²) in [5.41, 5.74) is -0.568. The summed E-state index contributed by atoms with van der Waals surface area (Å²) in [5, 5.41) is 18.0. The van der Waals surface area contributed by atoms with Crippen molar-refractivity contribution >= 4 is 39.3 Å². The Hall–Kier alpha value is -2.50. The van der Waals surface area contributed by atoms with Gasteiger partial charge in [0.1, 0.15) is 9.92 Å². The summed E-state index contributed by atoms with van der Waals surface area (Å²) in [7, 11) is -4.53. The molecule has 0 radical (unpaired) electrons. The number of carbonyl (C=O) groups is 2. The SMILES string of the molecule is CCC=COC(=O)CCC(=O)O.O=[N+]([O-])c1cccc(S(=O)(=O)O)c1Cl. The van der Waals surface area contributed by atoms with Gasteiger partial charge in [-0.15, -0.1) is 0 Å². The molecule has 0 aliphatic heterocycles. The molecule has 1 rings (SSSR count). The molecule has 12 heteroatoms. The zero-order valence-electron chi connectivity index (χ0n) is 13.5. The first-order valence-corrected chi connectivity index (χ1v) is 8.79. The number of nitro benzene ring substituents is 1. The third-order valence-corrected chi connectivity index (χ3v) is 3.90. The number of rotatable bonds is 7. The third kappa shape index (κ3) is 9.11. The number of carboxylic acids is 1. The van der Waals surface area contributed by atoms with E-state index in [9.17, 15) is 28.1 Å². The number of benzene rings is 1. The van der Waals surface area contributed by atoms with Crippen LogP contribution in [-0.2, 0) is 24.4 Å². The van der Waals surface area contributed by atoms with E-state index in [1.165, 1.54) is 6.26 Å². The zero-order valence-corrected chi connectivity index (χ0v) is 15.1. The zero-order chi connectivity index (χ0) is 20.3. The summed E-state index contributed by atoms with van der Waals surface area (Å²) in [6.45, 7) is 1.90. The number of nitrogens with zero attached hydrogens (tertiary/aromatic N) is 1. The minimum atomic E-state index is -4.53. The minimum Gasteiger partial charge on any atom is -0.481 e. The van der Waals surface area contributed by atoms with E-state index < -0.39 is 42.6 Å². The standard InChI is InChI=1S/C8H12O4.C6H4ClNO5S/c1-2-3-6-12-8(11)5-4-7(9)10;7-6-4(8(9)10)2-1-3-5(6)14(11,12)13/h3,6H,2,4-5H2,1H3,(H,9,10);1-3H,(H,11,12,13). The van der Waals surface area contributed by atoms with Crippen LogP contribution in [0.3, 0.4) is 0 Å². The summed E-state index contributed by atoms with van der Waals surface area (Å²) in [4.78, 5) is 29.5. The lowest BCUT2D eigenvalue weighted by molar-refractivity contribution is -0.384. The molecule has 0 unspecified atom stereocenters. The quantitative estimate of drug-likeness (QED) is 0.226. The molecule has 144 valence electrons. The molecule has 0 saturated heterocycles. The predicted molar refractivity (Wildman–Crippen MR) is 90.3 cm³/mol. The normalized spacial score (nSPS) is 10.7. The number of hydrogen-bond acceptors (Lipinski definition) is 7. The topological polar surface area (TPSA) is 161 Å². The number of carbonyl (C=O) groups excluding carboxylic acids is 1. The summed E-state index contributed by atoms with van der Waals surface area (Å²) in [6.07, 6.45) is 3.48. The number of halogens is 1. The van der Waals surface area contributed by atoms with Gasteiger partial charge in [-0.05, 0) is 18.6 Å². The Morgan fingerprint density at radius 1 is 1.35 bits per heavy atom. The number of ether oxygens (including phenoxy) is 1. The molecule has 0 atom stereocenters. The van der Waals surface area contributed by atoms with Crippen LogP contribution < -0.4 is 0 Å². The van der Waals surface area contributed by atoms with E-state index in [0.717, 1.165) is 24.6 Å². The van der Waals surface area contributed by atoms with Gasteiger partial charge < -0.3 is 9.84 Å². The second-order valence-electron chi connectivity index (χ2n) is 4.49. The minimum absolute atomic E-state index is 0.0800. The van der Waals surface area contributed by atoms with Gasteiger partial charge in [0, 0.05) is 6.07 Å². The molecular formula is C14H16ClNO9S. The molecule has 0 amide bonds. The molecule has 0 spiro atoms. The highest BCUT2D eigenvalue weighted by atomic mass is 35.5. The molecule has 0 aliphatic carbocycles. The Bertz CT molecular complexity index is 790. The molecule has 1 aromatic carbocycles. The first kappa shape index (κ1) is 23.5. The largest absolute Gasteiger partial charge is 0.481 e. The smallest absolute Gasteiger partial charge is 0.311 e. The average Bonchev–Trinajstić information content (AvgIpc) is 2.52. The van der Waals surface area contributed by atoms with Crippen LogP contribution in [0.25, 0.3) is 0 Å². The van der Waals surface area contributed by atoms with Gasteiger partial charge in [0.15, 0.2) is 0 Å². The monoisotopic (exact) mass is 409 g/mol. The van der Waals surface area contributed by atoms with Crippen LogP contribution in [-0.4, -0.2) is 34.9 Å². The van der Waals surface area contributed by atoms with Crippen LogP contribution in [0.4, 0.5) is 5.69 Å². The number of carboxylic acid groups (broad SMARTS) is 1. The second-order valence-corrected chi connectivity index (χ2v) is 6.25. The molecular weight excluding hydrogens is 394 g/mol. The molecule has 1 aromatic rings. The van der Waals surface area contributed by atoms with Gasteiger partial charge in [-0.1, -0.05) is 24.6 Å². The van der Waals surface area contributed by atoms with E-state index in [4.69, 9.17) is 21.3 Å². The number of esters is 1. The van der Waals surface area contributed by atoms with Crippen molar-refractivity contribution in [2.75, 3.05) is 0 Å². The van der Waals surface area contributed by atoms with Gasteiger partial charge in [0.2, 0.25) is 0 Å². The number of aliphatic carboxylic acids is 1. The Morgan fingerprint density at radius 2 is 1.96 bits per heavy atom. The van der Waals surface area contributed by atoms with E-state index in [0.29, 0.717) is 0 Å². The fraction of sp³-hybridized carbons (Fsp3) is 0.286. The van der Waals surface area contributed by atoms with Crippen LogP contribution >= 0.6 is 11.6 Å². The van der Waals surface area contributed by atoms with Crippen molar-refractivity contribution in [2.24, 2.45) is 0 Å². The summed E-state index contributed by atoms with van der Waals surface area (Å²) in [6, 6.07) is 3.13. The van der Waals surface area contributed by atoms with Crippen molar-refractivity contribution in [3.63, 3.8) is 0 Å². The highest BCUT2D eigenvalue weighted by Gasteiger charge is 2.22. The van der Waals surface area contributed by atoms with E-state index in [1.807, 2.05) is 6.92 Å². The van der Waals surface area contributed by atoms with Gasteiger partial charge >= 0.3 is 11.9 Å². The maximum absolute atomic E-state index is 10.7. The summed E-state index contributed by atoms with van der Waals surface area (Å²) in [5.74, 6) is -1.51. The van der Waals surface area contributed by atoms with Crippen molar-refractivity contribution in [1.29, 1.82) is 0 Å². The third-order valence-electron chi connectivity index (χ3n) is 2.49. The lowest BCUT2D eigenvalue weighted by Crippen LogP contribution is -2.03. The van der Waals surface area contributed by atoms with E-state index in [-0.39, 0.29) is 12.8 Å². The number of nitro groups is 1. The Labute approximate surface area is 153 Å². The number of hydrogen-bond donors (Lipinski definition) is 2. The first-order valence-electron chi connectivity index (χ1n) is 6.97. The van der Waals surface area contributed by atoms with Gasteiger partial charge in [-0.2, -0.15) is 8.42 Å². The van der Waals surface area contributed by atoms with Crippen LogP contribution in [0.2, 0.25) is 5.02 Å². The molecule has 0 aliphatic rings. The molecule has 0 bridgehead atoms. The molecule has 0 aromatic heterocycles. The lowest BCUT2D eigenvalue weighted by Gasteiger charge is -2.00. The van der Waals surface area contributed by atoms with Crippen molar-refractivity contribution in [2.45, 2.75) is 31.1 Å². The fourth-order valence-corrected chi connectivity index (χ4v) is 2.40. The lowest BCUT2D eigenvalue weighted by atomic mass is 10.3. The Morgan fingerprint density at radius 3 is 2.42 bits per heavy atom. The number of allylic oxidation sites excluding steroid dienone is 1. The van der Waals surface area contributed by atoms with Gasteiger partial charge in [-0.25, -0.2) is 0 Å². The molecule has 0 heterocycles. The van der Waals surface area contributed by atoms with Gasteiger partial charge in [0.05, 0.1) is 24.0 Å².